The second-order valence-electron chi connectivity index (χ2n) is 4.80. The summed E-state index contributed by atoms with van der Waals surface area (Å²) in [5.41, 5.74) is 5.67. The van der Waals surface area contributed by atoms with Crippen LogP contribution in [-0.4, -0.2) is 31.9 Å². The Labute approximate surface area is 118 Å². The van der Waals surface area contributed by atoms with Crippen molar-refractivity contribution >= 4 is 5.91 Å². The molecule has 1 amide bonds. The van der Waals surface area contributed by atoms with Crippen LogP contribution >= 0.6 is 0 Å². The van der Waals surface area contributed by atoms with E-state index >= 15 is 0 Å². The van der Waals surface area contributed by atoms with Gasteiger partial charge in [-0.25, -0.2) is 0 Å². The normalized spacial score (nSPS) is 15.6. The predicted molar refractivity (Wildman–Crippen MR) is 73.9 cm³/mol. The Balaban J connectivity index is 1.72. The summed E-state index contributed by atoms with van der Waals surface area (Å²) in [4.78, 5) is 11.7. The number of amides is 1. The number of carbonyl (C=O) groups excluding carboxylic acids is 1. The predicted octanol–water partition coefficient (Wildman–Crippen LogP) is 0.894. The lowest BCUT2D eigenvalue weighted by atomic mass is 10.0. The molecule has 20 heavy (non-hydrogen) atoms. The van der Waals surface area contributed by atoms with Crippen LogP contribution in [0.15, 0.2) is 18.2 Å². The highest BCUT2D eigenvalue weighted by Gasteiger charge is 2.16. The number of fused-ring (bicyclic) bond motifs is 1. The number of ether oxygens (including phenoxy) is 3. The first-order chi connectivity index (χ1) is 9.58. The van der Waals surface area contributed by atoms with Crippen LogP contribution in [0, 0.1) is 5.92 Å². The Morgan fingerprint density at radius 3 is 2.90 bits per heavy atom. The molecule has 6 nitrogen and oxygen atoms in total. The van der Waals surface area contributed by atoms with Gasteiger partial charge in [0.05, 0.1) is 6.54 Å². The quantitative estimate of drug-likeness (QED) is 0.756. The highest BCUT2D eigenvalue weighted by atomic mass is 16.7. The lowest BCUT2D eigenvalue weighted by molar-refractivity contribution is -0.125. The van der Waals surface area contributed by atoms with Crippen molar-refractivity contribution in [1.82, 2.24) is 5.32 Å². The fraction of sp³-hybridized carbons (Fsp3) is 0.500. The van der Waals surface area contributed by atoms with Gasteiger partial charge in [-0.1, -0.05) is 6.92 Å². The number of benzene rings is 1. The van der Waals surface area contributed by atoms with Crippen LogP contribution in [0.25, 0.3) is 0 Å². The number of nitrogens with one attached hydrogen (secondary N) is 1. The second-order valence-corrected chi connectivity index (χ2v) is 4.80. The Morgan fingerprint density at radius 1 is 1.40 bits per heavy atom. The molecule has 0 radical (unpaired) electrons. The van der Waals surface area contributed by atoms with Gasteiger partial charge in [-0.15, -0.1) is 0 Å². The molecule has 3 N–H and O–H groups in total. The summed E-state index contributed by atoms with van der Waals surface area (Å²) in [7, 11) is 0. The van der Waals surface area contributed by atoms with Gasteiger partial charge in [-0.05, 0) is 19.1 Å². The Bertz CT molecular complexity index is 476. The fourth-order valence-corrected chi connectivity index (χ4v) is 1.71. The fourth-order valence-electron chi connectivity index (χ4n) is 1.71. The molecule has 6 heteroatoms. The zero-order valence-corrected chi connectivity index (χ0v) is 11.7. The van der Waals surface area contributed by atoms with Crippen LogP contribution in [0.1, 0.15) is 13.8 Å². The molecule has 0 bridgehead atoms. The largest absolute Gasteiger partial charge is 0.492 e. The molecular weight excluding hydrogens is 260 g/mol. The van der Waals surface area contributed by atoms with Crippen LogP contribution in [0.4, 0.5) is 0 Å². The van der Waals surface area contributed by atoms with Gasteiger partial charge in [0.25, 0.3) is 0 Å². The Hall–Kier alpha value is -1.95. The molecule has 0 fully saturated rings. The molecule has 2 rings (SSSR count). The third kappa shape index (κ3) is 3.54. The van der Waals surface area contributed by atoms with E-state index in [1.807, 2.05) is 6.92 Å². The van der Waals surface area contributed by atoms with E-state index in [1.54, 1.807) is 25.1 Å². The van der Waals surface area contributed by atoms with Crippen LogP contribution in [-0.2, 0) is 4.79 Å². The first kappa shape index (κ1) is 14.5. The summed E-state index contributed by atoms with van der Waals surface area (Å²) in [6, 6.07) is 5.22. The molecule has 0 aromatic heterocycles. The number of carbonyl (C=O) groups is 1. The van der Waals surface area contributed by atoms with Gasteiger partial charge >= 0.3 is 0 Å². The first-order valence-corrected chi connectivity index (χ1v) is 6.63. The van der Waals surface area contributed by atoms with E-state index in [1.165, 1.54) is 0 Å². The summed E-state index contributed by atoms with van der Waals surface area (Å²) in [5.74, 6) is 1.81. The molecule has 2 atom stereocenters. The van der Waals surface area contributed by atoms with Crippen molar-refractivity contribution < 1.29 is 19.0 Å². The monoisotopic (exact) mass is 280 g/mol. The van der Waals surface area contributed by atoms with Gasteiger partial charge in [-0.2, -0.15) is 0 Å². The number of hydrogen-bond donors (Lipinski definition) is 2. The molecule has 1 aliphatic rings. The highest BCUT2D eigenvalue weighted by molar-refractivity contribution is 5.78. The zero-order valence-electron chi connectivity index (χ0n) is 11.7. The molecule has 110 valence electrons. The van der Waals surface area contributed by atoms with E-state index in [9.17, 15) is 4.79 Å². The summed E-state index contributed by atoms with van der Waals surface area (Å²) in [6.45, 7) is 4.68. The Kier molecular flexibility index (Phi) is 4.68. The smallest absolute Gasteiger partial charge is 0.231 e. The lowest BCUT2D eigenvalue weighted by Crippen LogP contribution is -2.40. The van der Waals surface area contributed by atoms with Gasteiger partial charge in [0.15, 0.2) is 11.5 Å². The number of rotatable bonds is 6. The van der Waals surface area contributed by atoms with Gasteiger partial charge in [-0.3, -0.25) is 4.79 Å². The minimum atomic E-state index is -0.208. The number of hydrogen-bond acceptors (Lipinski definition) is 5. The number of nitrogens with two attached hydrogens (primary N) is 1. The topological polar surface area (TPSA) is 82.8 Å². The maximum atomic E-state index is 11.7. The third-order valence-electron chi connectivity index (χ3n) is 3.22. The first-order valence-electron chi connectivity index (χ1n) is 6.63. The van der Waals surface area contributed by atoms with Gasteiger partial charge in [0.1, 0.15) is 12.4 Å². The van der Waals surface area contributed by atoms with E-state index in [0.717, 1.165) is 5.75 Å². The van der Waals surface area contributed by atoms with Crippen LogP contribution in [0.2, 0.25) is 0 Å². The molecule has 2 unspecified atom stereocenters. The van der Waals surface area contributed by atoms with Crippen LogP contribution < -0.4 is 25.3 Å². The Morgan fingerprint density at radius 2 is 2.15 bits per heavy atom. The third-order valence-corrected chi connectivity index (χ3v) is 3.22. The minimum Gasteiger partial charge on any atom is -0.492 e. The van der Waals surface area contributed by atoms with Gasteiger partial charge in [0.2, 0.25) is 12.7 Å². The van der Waals surface area contributed by atoms with E-state index < -0.39 is 0 Å². The van der Waals surface area contributed by atoms with E-state index in [0.29, 0.717) is 24.7 Å². The molecule has 1 heterocycles. The molecule has 0 saturated heterocycles. The van der Waals surface area contributed by atoms with E-state index in [2.05, 4.69) is 5.32 Å². The SMILES string of the molecule is CC(N)C(C)C(=O)NCCOc1ccc2c(c1)OCO2. The highest BCUT2D eigenvalue weighted by Crippen LogP contribution is 2.34. The summed E-state index contributed by atoms with van der Waals surface area (Å²) < 4.78 is 16.0. The van der Waals surface area contributed by atoms with Gasteiger partial charge in [0, 0.05) is 18.0 Å². The minimum absolute atomic E-state index is 0.0608. The zero-order chi connectivity index (χ0) is 14.5. The molecule has 1 aliphatic heterocycles. The molecule has 0 saturated carbocycles. The van der Waals surface area contributed by atoms with Crippen molar-refractivity contribution in [2.45, 2.75) is 19.9 Å². The summed E-state index contributed by atoms with van der Waals surface area (Å²) >= 11 is 0. The standard InChI is InChI=1S/C14H20N2O4/c1-9(10(2)15)14(17)16-5-6-18-11-3-4-12-13(7-11)20-8-19-12/h3-4,7,9-10H,5-6,8,15H2,1-2H3,(H,16,17). The molecule has 0 aliphatic carbocycles. The van der Waals surface area contributed by atoms with Crippen molar-refractivity contribution in [1.29, 1.82) is 0 Å². The average molecular weight is 280 g/mol. The maximum Gasteiger partial charge on any atom is 0.231 e. The molecule has 1 aromatic rings. The maximum absolute atomic E-state index is 11.7. The van der Waals surface area contributed by atoms with Crippen LogP contribution in [0.3, 0.4) is 0 Å². The average Bonchev–Trinajstić information content (AvgIpc) is 2.89. The van der Waals surface area contributed by atoms with Crippen molar-refractivity contribution in [3.05, 3.63) is 18.2 Å². The van der Waals surface area contributed by atoms with Crippen molar-refractivity contribution in [2.75, 3.05) is 19.9 Å². The van der Waals surface area contributed by atoms with Crippen molar-refractivity contribution in [2.24, 2.45) is 11.7 Å². The van der Waals surface area contributed by atoms with Crippen molar-refractivity contribution in [3.8, 4) is 17.2 Å². The van der Waals surface area contributed by atoms with E-state index in [-0.39, 0.29) is 24.7 Å². The van der Waals surface area contributed by atoms with Crippen molar-refractivity contribution in [3.63, 3.8) is 0 Å². The summed E-state index contributed by atoms with van der Waals surface area (Å²) in [6.07, 6.45) is 0. The molecular formula is C14H20N2O4. The molecule has 0 spiro atoms. The van der Waals surface area contributed by atoms with Gasteiger partial charge < -0.3 is 25.3 Å². The molecule has 1 aromatic carbocycles. The summed E-state index contributed by atoms with van der Waals surface area (Å²) in [5, 5.41) is 2.79. The van der Waals surface area contributed by atoms with E-state index in [4.69, 9.17) is 19.9 Å². The van der Waals surface area contributed by atoms with Crippen LogP contribution in [0.5, 0.6) is 17.2 Å². The lowest BCUT2D eigenvalue weighted by Gasteiger charge is -2.15. The second kappa shape index (κ2) is 6.47.